The molecule has 6 heteroatoms. The van der Waals surface area contributed by atoms with Gasteiger partial charge in [-0.05, 0) is 24.3 Å². The maximum Gasteiger partial charge on any atom is 0.168 e. The van der Waals surface area contributed by atoms with E-state index in [-0.39, 0.29) is 29.7 Å². The summed E-state index contributed by atoms with van der Waals surface area (Å²) >= 11 is 0. The molecule has 1 fully saturated rings. The Hall–Kier alpha value is -3.28. The zero-order valence-electron chi connectivity index (χ0n) is 17.5. The van der Waals surface area contributed by atoms with Gasteiger partial charge in [-0.25, -0.2) is 0 Å². The monoisotopic (exact) mass is 418 g/mol. The second kappa shape index (κ2) is 9.25. The molecule has 0 aliphatic heterocycles. The van der Waals surface area contributed by atoms with Gasteiger partial charge in [0.25, 0.3) is 0 Å². The summed E-state index contributed by atoms with van der Waals surface area (Å²) in [6, 6.07) is 9.91. The van der Waals surface area contributed by atoms with Crippen molar-refractivity contribution in [1.29, 1.82) is 0 Å². The van der Waals surface area contributed by atoms with Crippen molar-refractivity contribution in [2.24, 2.45) is 4.99 Å². The summed E-state index contributed by atoms with van der Waals surface area (Å²) in [6.45, 7) is 4.09. The van der Waals surface area contributed by atoms with Crippen LogP contribution in [0, 0.1) is 0 Å². The molecule has 0 radical (unpaired) electrons. The first-order valence-electron chi connectivity index (χ1n) is 10.7. The largest absolute Gasteiger partial charge is 0.511 e. The number of aliphatic hydroxyl groups excluding tert-OH is 1. The molecule has 160 valence electrons. The number of hydrogen-bond acceptors (Lipinski definition) is 6. The van der Waals surface area contributed by atoms with Gasteiger partial charge in [0.05, 0.1) is 23.4 Å². The quantitative estimate of drug-likeness (QED) is 0.417. The van der Waals surface area contributed by atoms with Gasteiger partial charge >= 0.3 is 0 Å². The van der Waals surface area contributed by atoms with Crippen LogP contribution in [0.1, 0.15) is 65.4 Å². The normalized spacial score (nSPS) is 21.8. The summed E-state index contributed by atoms with van der Waals surface area (Å²) in [5.74, 6) is 0.593. The van der Waals surface area contributed by atoms with Crippen LogP contribution in [0.15, 0.2) is 63.8 Å². The van der Waals surface area contributed by atoms with Crippen LogP contribution in [0.5, 0.6) is 0 Å². The Balaban J connectivity index is 1.57. The number of ketones is 2. The van der Waals surface area contributed by atoms with Crippen LogP contribution >= 0.6 is 0 Å². The summed E-state index contributed by atoms with van der Waals surface area (Å²) in [4.78, 5) is 29.8. The lowest BCUT2D eigenvalue weighted by Crippen LogP contribution is -2.27. The first kappa shape index (κ1) is 21.0. The maximum absolute atomic E-state index is 13.0. The molecule has 2 aliphatic carbocycles. The first-order valence-corrected chi connectivity index (χ1v) is 10.7. The van der Waals surface area contributed by atoms with Gasteiger partial charge in [0.2, 0.25) is 0 Å². The lowest BCUT2D eigenvalue weighted by atomic mass is 9.78. The minimum atomic E-state index is -0.112. The molecule has 1 atom stereocenters. The van der Waals surface area contributed by atoms with Gasteiger partial charge in [0.1, 0.15) is 11.5 Å². The molecule has 1 unspecified atom stereocenters. The third kappa shape index (κ3) is 4.43. The molecule has 2 aliphatic rings. The number of aryl methyl sites for hydroxylation is 2. The highest BCUT2D eigenvalue weighted by Crippen LogP contribution is 2.34. The van der Waals surface area contributed by atoms with Gasteiger partial charge in [-0.3, -0.25) is 14.6 Å². The smallest absolute Gasteiger partial charge is 0.168 e. The molecule has 31 heavy (non-hydrogen) atoms. The van der Waals surface area contributed by atoms with Crippen molar-refractivity contribution in [2.45, 2.75) is 50.9 Å². The number of carbonyl (C=O) groups excluding carboxylic acids is 2. The molecule has 1 saturated carbocycles. The molecule has 1 aromatic heterocycles. The Morgan fingerprint density at radius 1 is 1.19 bits per heavy atom. The molecule has 0 spiro atoms. The number of carbonyl (C=O) groups is 2. The minimum absolute atomic E-state index is 0.000618. The molecular formula is C25H26N2O4. The fraction of sp³-hybridized carbons (Fsp3) is 0.360. The second-order valence-electron chi connectivity index (χ2n) is 8.04. The van der Waals surface area contributed by atoms with E-state index >= 15 is 0 Å². The van der Waals surface area contributed by atoms with E-state index in [2.05, 4.69) is 16.7 Å². The number of Topliss-reactive ketones (excluding diaryl/α,β-unsaturated/α-hetero) is 2. The molecule has 1 heterocycles. The maximum atomic E-state index is 13.0. The van der Waals surface area contributed by atoms with E-state index in [0.29, 0.717) is 67.0 Å². The molecule has 0 amide bonds. The average Bonchev–Trinajstić information content (AvgIpc) is 3.20. The Bertz CT molecular complexity index is 1060. The van der Waals surface area contributed by atoms with Crippen molar-refractivity contribution in [2.75, 3.05) is 6.54 Å². The fourth-order valence-corrected chi connectivity index (χ4v) is 4.42. The van der Waals surface area contributed by atoms with E-state index in [4.69, 9.17) is 4.52 Å². The van der Waals surface area contributed by atoms with Crippen LogP contribution in [0.25, 0.3) is 0 Å². The van der Waals surface area contributed by atoms with Crippen molar-refractivity contribution in [3.63, 3.8) is 0 Å². The van der Waals surface area contributed by atoms with Crippen LogP contribution in [-0.4, -0.2) is 34.1 Å². The van der Waals surface area contributed by atoms with Crippen LogP contribution in [0.4, 0.5) is 0 Å². The van der Waals surface area contributed by atoms with Gasteiger partial charge in [-0.2, -0.15) is 0 Å². The number of allylic oxidation sites excluding steroid dienone is 2. The third-order valence-corrected chi connectivity index (χ3v) is 5.93. The van der Waals surface area contributed by atoms with Gasteiger partial charge in [-0.1, -0.05) is 41.6 Å². The Labute approximate surface area is 181 Å². The van der Waals surface area contributed by atoms with Gasteiger partial charge in [-0.15, -0.1) is 6.58 Å². The van der Waals surface area contributed by atoms with E-state index in [1.807, 2.05) is 30.3 Å². The van der Waals surface area contributed by atoms with E-state index in [0.717, 1.165) is 12.0 Å². The summed E-state index contributed by atoms with van der Waals surface area (Å²) in [6.07, 6.45) is 5.10. The number of aromatic nitrogens is 1. The Morgan fingerprint density at radius 2 is 2.00 bits per heavy atom. The summed E-state index contributed by atoms with van der Waals surface area (Å²) in [7, 11) is 0. The Morgan fingerprint density at radius 3 is 2.77 bits per heavy atom. The topological polar surface area (TPSA) is 92.8 Å². The van der Waals surface area contributed by atoms with Crippen LogP contribution < -0.4 is 0 Å². The number of nitrogens with zero attached hydrogens (tertiary/aromatic N) is 2. The zero-order chi connectivity index (χ0) is 21.8. The highest BCUT2D eigenvalue weighted by atomic mass is 16.5. The van der Waals surface area contributed by atoms with Crippen molar-refractivity contribution in [1.82, 2.24) is 5.16 Å². The fourth-order valence-electron chi connectivity index (χ4n) is 4.42. The number of hydrogen-bond donors (Lipinski definition) is 1. The number of aliphatic hydroxyl groups is 1. The van der Waals surface area contributed by atoms with E-state index in [1.54, 1.807) is 6.08 Å². The van der Waals surface area contributed by atoms with Gasteiger partial charge in [0, 0.05) is 37.8 Å². The van der Waals surface area contributed by atoms with Crippen LogP contribution in [-0.2, 0) is 17.6 Å². The molecule has 4 rings (SSSR count). The van der Waals surface area contributed by atoms with Crippen molar-refractivity contribution < 1.29 is 19.2 Å². The molecular weight excluding hydrogens is 392 g/mol. The van der Waals surface area contributed by atoms with Crippen molar-refractivity contribution in [3.8, 4) is 0 Å². The number of fused-ring (bicyclic) bond motifs is 1. The second-order valence-corrected chi connectivity index (χ2v) is 8.04. The van der Waals surface area contributed by atoms with E-state index < -0.39 is 0 Å². The predicted octanol–water partition coefficient (Wildman–Crippen LogP) is 4.71. The standard InChI is InChI=1S/C25H26N2O4/c1-2-13-26-19-14-17(16-7-4-3-5-8-16)15-22(30)24(19)21(29)12-11-18-25-20(28)9-6-10-23(25)31-27-18/h2-5,7-8,17,29H,1,6,9-15H2/b24-21-,26-19?. The SMILES string of the molecule is C=CCN=C1CC(c2ccccc2)CC(=O)/C1=C(\O)CCc1noc2c1C(=O)CCC2. The van der Waals surface area contributed by atoms with Crippen LogP contribution in [0.2, 0.25) is 0 Å². The lowest BCUT2D eigenvalue weighted by molar-refractivity contribution is -0.116. The molecule has 0 saturated heterocycles. The molecule has 1 N–H and O–H groups in total. The van der Waals surface area contributed by atoms with Gasteiger partial charge in [0.15, 0.2) is 11.6 Å². The summed E-state index contributed by atoms with van der Waals surface area (Å²) < 4.78 is 5.32. The molecule has 6 nitrogen and oxygen atoms in total. The van der Waals surface area contributed by atoms with Crippen molar-refractivity contribution >= 4 is 17.3 Å². The highest BCUT2D eigenvalue weighted by molar-refractivity contribution is 6.24. The summed E-state index contributed by atoms with van der Waals surface area (Å²) in [5, 5.41) is 14.9. The first-order chi connectivity index (χ1) is 15.1. The van der Waals surface area contributed by atoms with Crippen molar-refractivity contribution in [3.05, 3.63) is 76.9 Å². The predicted molar refractivity (Wildman–Crippen MR) is 118 cm³/mol. The van der Waals surface area contributed by atoms with Gasteiger partial charge < -0.3 is 9.63 Å². The van der Waals surface area contributed by atoms with Crippen LogP contribution in [0.3, 0.4) is 0 Å². The van der Waals surface area contributed by atoms with E-state index in [1.165, 1.54) is 0 Å². The summed E-state index contributed by atoms with van der Waals surface area (Å²) in [5.41, 5.74) is 3.12. The highest BCUT2D eigenvalue weighted by Gasteiger charge is 2.32. The number of rotatable bonds is 6. The third-order valence-electron chi connectivity index (χ3n) is 5.93. The minimum Gasteiger partial charge on any atom is -0.511 e. The zero-order valence-corrected chi connectivity index (χ0v) is 17.5. The Kier molecular flexibility index (Phi) is 6.26. The number of aliphatic imine (C=N–C) groups is 1. The number of benzene rings is 1. The average molecular weight is 418 g/mol. The molecule has 0 bridgehead atoms. The van der Waals surface area contributed by atoms with E-state index in [9.17, 15) is 14.7 Å². The molecule has 1 aromatic carbocycles. The molecule has 2 aromatic rings. The lowest BCUT2D eigenvalue weighted by Gasteiger charge is -2.26.